The smallest absolute Gasteiger partial charge is 0.0795 e. The zero-order valence-electron chi connectivity index (χ0n) is 9.85. The van der Waals surface area contributed by atoms with Crippen molar-refractivity contribution >= 4 is 23.7 Å². The van der Waals surface area contributed by atoms with Gasteiger partial charge in [-0.1, -0.05) is 0 Å². The number of thiazole rings is 1. The van der Waals surface area contributed by atoms with Crippen LogP contribution in [0.3, 0.4) is 0 Å². The lowest BCUT2D eigenvalue weighted by atomic mass is 10.1. The van der Waals surface area contributed by atoms with Gasteiger partial charge in [0.25, 0.3) is 0 Å². The maximum absolute atomic E-state index is 4.26. The van der Waals surface area contributed by atoms with Gasteiger partial charge in [-0.15, -0.1) is 23.7 Å². The second-order valence-corrected chi connectivity index (χ2v) is 5.20. The molecule has 0 aliphatic heterocycles. The van der Waals surface area contributed by atoms with Gasteiger partial charge in [-0.05, 0) is 32.9 Å². The molecule has 92 valence electrons. The highest BCUT2D eigenvalue weighted by Crippen LogP contribution is 2.34. The number of hydrogen-bond donors (Lipinski definition) is 1. The molecule has 1 heterocycles. The van der Waals surface area contributed by atoms with Crippen molar-refractivity contribution in [3.05, 3.63) is 16.6 Å². The first-order valence-corrected chi connectivity index (χ1v) is 6.46. The van der Waals surface area contributed by atoms with E-state index in [1.807, 2.05) is 5.51 Å². The molecule has 1 saturated carbocycles. The zero-order chi connectivity index (χ0) is 10.7. The van der Waals surface area contributed by atoms with Crippen LogP contribution in [0.1, 0.15) is 18.5 Å². The van der Waals surface area contributed by atoms with Crippen molar-refractivity contribution in [2.75, 3.05) is 20.6 Å². The van der Waals surface area contributed by atoms with E-state index in [-0.39, 0.29) is 12.4 Å². The van der Waals surface area contributed by atoms with Gasteiger partial charge in [-0.25, -0.2) is 4.98 Å². The van der Waals surface area contributed by atoms with Crippen molar-refractivity contribution in [3.8, 4) is 0 Å². The number of rotatable bonds is 6. The van der Waals surface area contributed by atoms with Crippen LogP contribution in [-0.4, -0.2) is 36.6 Å². The molecule has 1 unspecified atom stereocenters. The predicted molar refractivity (Wildman–Crippen MR) is 71.3 cm³/mol. The molecule has 1 atom stereocenters. The molecule has 1 aromatic rings. The van der Waals surface area contributed by atoms with Crippen LogP contribution in [0.4, 0.5) is 0 Å². The van der Waals surface area contributed by atoms with Crippen molar-refractivity contribution in [1.82, 2.24) is 15.2 Å². The van der Waals surface area contributed by atoms with Crippen LogP contribution < -0.4 is 5.32 Å². The molecule has 3 nitrogen and oxygen atoms in total. The molecule has 0 aromatic carbocycles. The van der Waals surface area contributed by atoms with Gasteiger partial charge in [-0.3, -0.25) is 0 Å². The molecule has 1 aliphatic rings. The van der Waals surface area contributed by atoms with Crippen molar-refractivity contribution in [2.24, 2.45) is 5.92 Å². The van der Waals surface area contributed by atoms with Gasteiger partial charge in [0.05, 0.1) is 11.2 Å². The summed E-state index contributed by atoms with van der Waals surface area (Å²) >= 11 is 1.66. The van der Waals surface area contributed by atoms with Gasteiger partial charge in [-0.2, -0.15) is 0 Å². The lowest BCUT2D eigenvalue weighted by Gasteiger charge is -2.24. The van der Waals surface area contributed by atoms with Crippen LogP contribution in [0.2, 0.25) is 0 Å². The molecule has 2 rings (SSSR count). The van der Waals surface area contributed by atoms with E-state index in [2.05, 4.69) is 34.7 Å². The van der Waals surface area contributed by atoms with Gasteiger partial charge in [0.15, 0.2) is 0 Å². The Hall–Kier alpha value is -0.160. The molecule has 0 radical (unpaired) electrons. The number of hydrogen-bond acceptors (Lipinski definition) is 4. The Labute approximate surface area is 108 Å². The summed E-state index contributed by atoms with van der Waals surface area (Å²) in [6.45, 7) is 1.98. The summed E-state index contributed by atoms with van der Waals surface area (Å²) in [7, 11) is 4.35. The second-order valence-electron chi connectivity index (χ2n) is 4.48. The Morgan fingerprint density at radius 2 is 2.31 bits per heavy atom. The number of likely N-dealkylation sites (N-methyl/N-ethyl adjacent to an activating group) is 1. The first-order chi connectivity index (χ1) is 7.27. The molecule has 16 heavy (non-hydrogen) atoms. The minimum atomic E-state index is 0. The van der Waals surface area contributed by atoms with Crippen LogP contribution in [0.15, 0.2) is 10.9 Å². The average molecular weight is 262 g/mol. The summed E-state index contributed by atoms with van der Waals surface area (Å²) in [6, 6.07) is 0.698. The Bertz CT molecular complexity index is 283. The van der Waals surface area contributed by atoms with E-state index < -0.39 is 0 Å². The van der Waals surface area contributed by atoms with Gasteiger partial charge >= 0.3 is 0 Å². The molecule has 5 heteroatoms. The molecular formula is C11H20ClN3S. The number of aromatic nitrogens is 1. The number of halogens is 1. The lowest BCUT2D eigenvalue weighted by molar-refractivity contribution is 0.255. The molecular weight excluding hydrogens is 242 g/mol. The molecule has 1 N–H and O–H groups in total. The van der Waals surface area contributed by atoms with Crippen LogP contribution in [0.5, 0.6) is 0 Å². The highest BCUT2D eigenvalue weighted by molar-refractivity contribution is 7.07. The van der Waals surface area contributed by atoms with Crippen LogP contribution in [0, 0.1) is 5.92 Å². The van der Waals surface area contributed by atoms with E-state index in [0.29, 0.717) is 6.04 Å². The zero-order valence-corrected chi connectivity index (χ0v) is 11.5. The SMILES string of the molecule is CN(C)C(CNCc1cscn1)C1CC1.Cl. The van der Waals surface area contributed by atoms with Crippen molar-refractivity contribution in [3.63, 3.8) is 0 Å². The summed E-state index contributed by atoms with van der Waals surface area (Å²) in [6.07, 6.45) is 2.81. The van der Waals surface area contributed by atoms with Crippen LogP contribution >= 0.6 is 23.7 Å². The number of nitrogens with zero attached hydrogens (tertiary/aromatic N) is 2. The van der Waals surface area contributed by atoms with Crippen molar-refractivity contribution < 1.29 is 0 Å². The monoisotopic (exact) mass is 261 g/mol. The van der Waals surface area contributed by atoms with Gasteiger partial charge < -0.3 is 10.2 Å². The Morgan fingerprint density at radius 3 is 2.81 bits per heavy atom. The Kier molecular flexibility index (Phi) is 5.69. The van der Waals surface area contributed by atoms with E-state index in [1.165, 1.54) is 12.8 Å². The molecule has 0 saturated heterocycles. The highest BCUT2D eigenvalue weighted by atomic mass is 35.5. The van der Waals surface area contributed by atoms with E-state index in [9.17, 15) is 0 Å². The van der Waals surface area contributed by atoms with Gasteiger partial charge in [0.2, 0.25) is 0 Å². The molecule has 1 aliphatic carbocycles. The minimum absolute atomic E-state index is 0. The van der Waals surface area contributed by atoms with Gasteiger partial charge in [0, 0.05) is 24.5 Å². The minimum Gasteiger partial charge on any atom is -0.310 e. The maximum atomic E-state index is 4.26. The number of nitrogens with one attached hydrogen (secondary N) is 1. The Morgan fingerprint density at radius 1 is 1.56 bits per heavy atom. The fraction of sp³-hybridized carbons (Fsp3) is 0.727. The Balaban J connectivity index is 0.00000128. The molecule has 0 amide bonds. The fourth-order valence-electron chi connectivity index (χ4n) is 1.92. The van der Waals surface area contributed by atoms with E-state index in [1.54, 1.807) is 11.3 Å². The lowest BCUT2D eigenvalue weighted by Crippen LogP contribution is -2.39. The standard InChI is InChI=1S/C11H19N3S.ClH/c1-14(2)11(9-3-4-9)6-12-5-10-7-15-8-13-10;/h7-9,11-12H,3-6H2,1-2H3;1H. The normalized spacial score (nSPS) is 17.2. The summed E-state index contributed by atoms with van der Waals surface area (Å²) < 4.78 is 0. The largest absolute Gasteiger partial charge is 0.310 e. The third kappa shape index (κ3) is 4.01. The predicted octanol–water partition coefficient (Wildman–Crippen LogP) is 1.99. The summed E-state index contributed by atoms with van der Waals surface area (Å²) in [4.78, 5) is 6.60. The average Bonchev–Trinajstić information content (AvgIpc) is 2.89. The maximum Gasteiger partial charge on any atom is 0.0795 e. The second kappa shape index (κ2) is 6.55. The third-order valence-corrected chi connectivity index (χ3v) is 3.61. The summed E-state index contributed by atoms with van der Waals surface area (Å²) in [5, 5.41) is 5.60. The van der Waals surface area contributed by atoms with E-state index >= 15 is 0 Å². The van der Waals surface area contributed by atoms with Crippen LogP contribution in [0.25, 0.3) is 0 Å². The molecule has 0 bridgehead atoms. The summed E-state index contributed by atoms with van der Waals surface area (Å²) in [5.41, 5.74) is 3.05. The fourth-order valence-corrected chi connectivity index (χ4v) is 2.48. The molecule has 0 spiro atoms. The third-order valence-electron chi connectivity index (χ3n) is 2.97. The summed E-state index contributed by atoms with van der Waals surface area (Å²) in [5.74, 6) is 0.919. The van der Waals surface area contributed by atoms with Crippen LogP contribution in [-0.2, 0) is 6.54 Å². The quantitative estimate of drug-likeness (QED) is 0.849. The van der Waals surface area contributed by atoms with E-state index in [0.717, 1.165) is 24.7 Å². The van der Waals surface area contributed by atoms with Gasteiger partial charge in [0.1, 0.15) is 0 Å². The molecule has 1 fully saturated rings. The topological polar surface area (TPSA) is 28.2 Å². The van der Waals surface area contributed by atoms with E-state index in [4.69, 9.17) is 0 Å². The van der Waals surface area contributed by atoms with Crippen molar-refractivity contribution in [1.29, 1.82) is 0 Å². The van der Waals surface area contributed by atoms with Crippen molar-refractivity contribution in [2.45, 2.75) is 25.4 Å². The first kappa shape index (κ1) is 13.9. The molecule has 1 aromatic heterocycles. The highest BCUT2D eigenvalue weighted by Gasteiger charge is 2.31. The first-order valence-electron chi connectivity index (χ1n) is 5.51.